The molecule has 0 spiro atoms. The highest BCUT2D eigenvalue weighted by atomic mass is 16.5. The summed E-state index contributed by atoms with van der Waals surface area (Å²) in [5.74, 6) is 0.0957. The van der Waals surface area contributed by atoms with Crippen LogP contribution < -0.4 is 9.64 Å². The SMILES string of the molecule is CCN(Cc1ccccc1)C1=C(c2ccc(OC)cc2)C(=O)N(c2cc(C)ccc2C)C1=O. The smallest absolute Gasteiger partial charge is 0.282 e. The highest BCUT2D eigenvalue weighted by Gasteiger charge is 2.42. The molecule has 1 heterocycles. The molecular formula is C28H28N2O3. The average molecular weight is 441 g/mol. The molecule has 0 fully saturated rings. The Balaban J connectivity index is 1.85. The summed E-state index contributed by atoms with van der Waals surface area (Å²) in [6.07, 6.45) is 0. The second kappa shape index (κ2) is 9.33. The predicted octanol–water partition coefficient (Wildman–Crippen LogP) is 5.12. The average Bonchev–Trinajstić information content (AvgIpc) is 3.09. The number of hydrogen-bond donors (Lipinski definition) is 0. The van der Waals surface area contributed by atoms with Crippen LogP contribution in [0.2, 0.25) is 0 Å². The molecule has 168 valence electrons. The number of carbonyl (C=O) groups excluding carboxylic acids is 2. The van der Waals surface area contributed by atoms with E-state index >= 15 is 0 Å². The summed E-state index contributed by atoms with van der Waals surface area (Å²) >= 11 is 0. The van der Waals surface area contributed by atoms with Crippen molar-refractivity contribution in [3.05, 3.63) is 101 Å². The summed E-state index contributed by atoms with van der Waals surface area (Å²) in [6, 6.07) is 23.1. The van der Waals surface area contributed by atoms with E-state index in [1.807, 2.05) is 98.5 Å². The number of ether oxygens (including phenoxy) is 1. The summed E-state index contributed by atoms with van der Waals surface area (Å²) < 4.78 is 5.28. The number of imide groups is 1. The van der Waals surface area contributed by atoms with Gasteiger partial charge < -0.3 is 9.64 Å². The molecule has 5 nitrogen and oxygen atoms in total. The van der Waals surface area contributed by atoms with Crippen molar-refractivity contribution in [1.29, 1.82) is 0 Å². The lowest BCUT2D eigenvalue weighted by Crippen LogP contribution is -2.35. The van der Waals surface area contributed by atoms with Gasteiger partial charge in [-0.05, 0) is 61.2 Å². The van der Waals surface area contributed by atoms with E-state index in [-0.39, 0.29) is 11.8 Å². The van der Waals surface area contributed by atoms with Gasteiger partial charge in [0.1, 0.15) is 11.4 Å². The third kappa shape index (κ3) is 4.27. The molecule has 5 heteroatoms. The van der Waals surface area contributed by atoms with E-state index in [4.69, 9.17) is 4.74 Å². The van der Waals surface area contributed by atoms with Gasteiger partial charge in [-0.15, -0.1) is 0 Å². The first-order chi connectivity index (χ1) is 15.9. The van der Waals surface area contributed by atoms with Gasteiger partial charge in [0.2, 0.25) is 0 Å². The third-order valence-electron chi connectivity index (χ3n) is 5.96. The van der Waals surface area contributed by atoms with E-state index < -0.39 is 0 Å². The first kappa shape index (κ1) is 22.3. The minimum Gasteiger partial charge on any atom is -0.497 e. The summed E-state index contributed by atoms with van der Waals surface area (Å²) in [7, 11) is 1.60. The summed E-state index contributed by atoms with van der Waals surface area (Å²) in [5, 5.41) is 0. The first-order valence-corrected chi connectivity index (χ1v) is 11.1. The zero-order valence-corrected chi connectivity index (χ0v) is 19.5. The van der Waals surface area contributed by atoms with E-state index in [2.05, 4.69) is 0 Å². The number of benzene rings is 3. The monoisotopic (exact) mass is 440 g/mol. The Morgan fingerprint density at radius 2 is 1.58 bits per heavy atom. The Morgan fingerprint density at radius 3 is 2.21 bits per heavy atom. The van der Waals surface area contributed by atoms with Crippen LogP contribution >= 0.6 is 0 Å². The molecule has 3 aromatic carbocycles. The lowest BCUT2D eigenvalue weighted by Gasteiger charge is -2.25. The molecule has 4 rings (SSSR count). The van der Waals surface area contributed by atoms with Crippen molar-refractivity contribution in [2.24, 2.45) is 0 Å². The molecule has 0 aromatic heterocycles. The minimum atomic E-state index is -0.305. The maximum atomic E-state index is 13.9. The molecule has 0 saturated heterocycles. The summed E-state index contributed by atoms with van der Waals surface area (Å²) in [4.78, 5) is 31.0. The van der Waals surface area contributed by atoms with Gasteiger partial charge in [0.05, 0.1) is 18.4 Å². The fourth-order valence-electron chi connectivity index (χ4n) is 4.16. The number of rotatable bonds is 7. The van der Waals surface area contributed by atoms with Crippen LogP contribution in [-0.4, -0.2) is 30.4 Å². The number of aryl methyl sites for hydroxylation is 2. The van der Waals surface area contributed by atoms with E-state index in [0.29, 0.717) is 41.4 Å². The Morgan fingerprint density at radius 1 is 0.879 bits per heavy atom. The topological polar surface area (TPSA) is 49.9 Å². The van der Waals surface area contributed by atoms with Crippen molar-refractivity contribution < 1.29 is 14.3 Å². The standard InChI is InChI=1S/C28H28N2O3/c1-5-29(18-21-9-7-6-8-10-21)26-25(22-13-15-23(33-4)16-14-22)27(31)30(28(26)32)24-17-19(2)11-12-20(24)3/h6-17H,5,18H2,1-4H3. The molecule has 0 unspecified atom stereocenters. The lowest BCUT2D eigenvalue weighted by molar-refractivity contribution is -0.120. The highest BCUT2D eigenvalue weighted by Crippen LogP contribution is 2.37. The zero-order chi connectivity index (χ0) is 23.5. The van der Waals surface area contributed by atoms with Crippen LogP contribution in [0.15, 0.2) is 78.5 Å². The second-order valence-electron chi connectivity index (χ2n) is 8.19. The van der Waals surface area contributed by atoms with Crippen molar-refractivity contribution in [1.82, 2.24) is 4.90 Å². The van der Waals surface area contributed by atoms with Crippen LogP contribution in [-0.2, 0) is 16.1 Å². The van der Waals surface area contributed by atoms with E-state index in [1.54, 1.807) is 7.11 Å². The van der Waals surface area contributed by atoms with Crippen LogP contribution in [0.5, 0.6) is 5.75 Å². The number of amides is 2. The van der Waals surface area contributed by atoms with Crippen LogP contribution in [0.25, 0.3) is 5.57 Å². The molecule has 33 heavy (non-hydrogen) atoms. The molecule has 0 N–H and O–H groups in total. The molecule has 3 aromatic rings. The van der Waals surface area contributed by atoms with E-state index in [9.17, 15) is 9.59 Å². The van der Waals surface area contributed by atoms with Gasteiger partial charge in [-0.1, -0.05) is 54.6 Å². The Labute approximate surface area is 194 Å². The van der Waals surface area contributed by atoms with Gasteiger partial charge in [-0.25, -0.2) is 4.90 Å². The number of methoxy groups -OCH3 is 1. The quantitative estimate of drug-likeness (QED) is 0.479. The molecule has 0 radical (unpaired) electrons. The maximum absolute atomic E-state index is 13.9. The number of hydrogen-bond acceptors (Lipinski definition) is 4. The van der Waals surface area contributed by atoms with Crippen LogP contribution in [0, 0.1) is 13.8 Å². The van der Waals surface area contributed by atoms with E-state index in [0.717, 1.165) is 16.7 Å². The van der Waals surface area contributed by atoms with Gasteiger partial charge in [0, 0.05) is 13.1 Å². The third-order valence-corrected chi connectivity index (χ3v) is 5.96. The summed E-state index contributed by atoms with van der Waals surface area (Å²) in [5.41, 5.74) is 5.12. The summed E-state index contributed by atoms with van der Waals surface area (Å²) in [6.45, 7) is 7.00. The molecule has 2 amide bonds. The normalized spacial score (nSPS) is 13.6. The molecule has 0 saturated carbocycles. The van der Waals surface area contributed by atoms with Crippen LogP contribution in [0.4, 0.5) is 5.69 Å². The molecule has 1 aliphatic heterocycles. The largest absolute Gasteiger partial charge is 0.497 e. The fourth-order valence-corrected chi connectivity index (χ4v) is 4.16. The second-order valence-corrected chi connectivity index (χ2v) is 8.19. The highest BCUT2D eigenvalue weighted by molar-refractivity contribution is 6.45. The van der Waals surface area contributed by atoms with Gasteiger partial charge in [0.25, 0.3) is 11.8 Å². The number of anilines is 1. The van der Waals surface area contributed by atoms with Crippen molar-refractivity contribution in [3.63, 3.8) is 0 Å². The maximum Gasteiger partial charge on any atom is 0.282 e. The van der Waals surface area contributed by atoms with Crippen molar-refractivity contribution in [2.45, 2.75) is 27.3 Å². The Kier molecular flexibility index (Phi) is 6.31. The van der Waals surface area contributed by atoms with Crippen molar-refractivity contribution >= 4 is 23.1 Å². The van der Waals surface area contributed by atoms with Gasteiger partial charge in [-0.2, -0.15) is 0 Å². The molecule has 1 aliphatic rings. The minimum absolute atomic E-state index is 0.294. The van der Waals surface area contributed by atoms with Gasteiger partial charge >= 0.3 is 0 Å². The van der Waals surface area contributed by atoms with E-state index in [1.165, 1.54) is 4.90 Å². The van der Waals surface area contributed by atoms with Crippen LogP contribution in [0.1, 0.15) is 29.2 Å². The van der Waals surface area contributed by atoms with Crippen molar-refractivity contribution in [3.8, 4) is 5.75 Å². The predicted molar refractivity (Wildman–Crippen MR) is 131 cm³/mol. The fraction of sp³-hybridized carbons (Fsp3) is 0.214. The van der Waals surface area contributed by atoms with Gasteiger partial charge in [-0.3, -0.25) is 9.59 Å². The first-order valence-electron chi connectivity index (χ1n) is 11.1. The Hall–Kier alpha value is -3.86. The Bertz CT molecular complexity index is 1210. The molecule has 0 atom stereocenters. The number of nitrogens with zero attached hydrogens (tertiary/aromatic N) is 2. The molecular weight excluding hydrogens is 412 g/mol. The zero-order valence-electron chi connectivity index (χ0n) is 19.5. The van der Waals surface area contributed by atoms with Gasteiger partial charge in [0.15, 0.2) is 0 Å². The van der Waals surface area contributed by atoms with Crippen LogP contribution in [0.3, 0.4) is 0 Å². The molecule has 0 aliphatic carbocycles. The lowest BCUT2D eigenvalue weighted by atomic mass is 10.0. The van der Waals surface area contributed by atoms with Crippen molar-refractivity contribution in [2.75, 3.05) is 18.6 Å². The molecule has 0 bridgehead atoms. The number of carbonyl (C=O) groups is 2. The number of likely N-dealkylation sites (N-methyl/N-ethyl adjacent to an activating group) is 1.